The van der Waals surface area contributed by atoms with Crippen molar-refractivity contribution >= 4 is 17.7 Å². The summed E-state index contributed by atoms with van der Waals surface area (Å²) < 4.78 is 10.8. The normalized spacial score (nSPS) is 23.1. The predicted molar refractivity (Wildman–Crippen MR) is 86.8 cm³/mol. The minimum absolute atomic E-state index is 0.0269. The first-order valence-corrected chi connectivity index (χ1v) is 9.10. The molecule has 0 unspecified atom stereocenters. The van der Waals surface area contributed by atoms with Crippen LogP contribution >= 0.6 is 11.8 Å². The second-order valence-electron chi connectivity index (χ2n) is 5.87. The number of rotatable bonds is 5. The fraction of sp³-hybridized carbons (Fsp3) is 0.688. The van der Waals surface area contributed by atoms with Gasteiger partial charge < -0.3 is 14.1 Å². The van der Waals surface area contributed by atoms with Crippen molar-refractivity contribution in [2.45, 2.75) is 32.0 Å². The van der Waals surface area contributed by atoms with E-state index in [1.165, 1.54) is 0 Å². The van der Waals surface area contributed by atoms with Crippen LogP contribution in [-0.2, 0) is 22.7 Å². The molecule has 1 atom stereocenters. The lowest BCUT2D eigenvalue weighted by Gasteiger charge is -2.32. The fourth-order valence-electron chi connectivity index (χ4n) is 3.22. The Morgan fingerprint density at radius 2 is 2.09 bits per heavy atom. The van der Waals surface area contributed by atoms with Gasteiger partial charge in [0, 0.05) is 31.7 Å². The van der Waals surface area contributed by atoms with Crippen LogP contribution in [0.1, 0.15) is 24.4 Å². The van der Waals surface area contributed by atoms with Gasteiger partial charge in [0.25, 0.3) is 0 Å². The number of amides is 1. The van der Waals surface area contributed by atoms with Crippen molar-refractivity contribution in [3.8, 4) is 0 Å². The molecule has 0 bridgehead atoms. The van der Waals surface area contributed by atoms with Gasteiger partial charge >= 0.3 is 0 Å². The van der Waals surface area contributed by atoms with Crippen LogP contribution in [0.3, 0.4) is 0 Å². The monoisotopic (exact) mass is 324 g/mol. The predicted octanol–water partition coefficient (Wildman–Crippen LogP) is 1.97. The molecule has 5 nitrogen and oxygen atoms in total. The Morgan fingerprint density at radius 3 is 2.86 bits per heavy atom. The molecule has 0 spiro atoms. The number of nitrogens with zero attached hydrogens (tertiary/aromatic N) is 2. The summed E-state index contributed by atoms with van der Waals surface area (Å²) in [5.41, 5.74) is 0. The van der Waals surface area contributed by atoms with E-state index >= 15 is 0 Å². The molecule has 22 heavy (non-hydrogen) atoms. The van der Waals surface area contributed by atoms with Crippen LogP contribution in [0, 0.1) is 0 Å². The molecule has 2 aliphatic rings. The number of methoxy groups -OCH3 is 1. The Bertz CT molecular complexity index is 499. The summed E-state index contributed by atoms with van der Waals surface area (Å²) in [4.78, 5) is 17.0. The number of hydrogen-bond donors (Lipinski definition) is 0. The average molecular weight is 324 g/mol. The molecule has 1 aromatic heterocycles. The van der Waals surface area contributed by atoms with Gasteiger partial charge in [-0.05, 0) is 31.5 Å². The molecule has 0 N–H and O–H groups in total. The molecule has 1 aromatic rings. The van der Waals surface area contributed by atoms with E-state index in [9.17, 15) is 4.79 Å². The fourth-order valence-corrected chi connectivity index (χ4v) is 4.12. The highest BCUT2D eigenvalue weighted by molar-refractivity contribution is 7.99. The maximum atomic E-state index is 12.7. The van der Waals surface area contributed by atoms with E-state index in [0.29, 0.717) is 19.1 Å². The van der Waals surface area contributed by atoms with E-state index in [-0.39, 0.29) is 6.04 Å². The summed E-state index contributed by atoms with van der Waals surface area (Å²) in [6.45, 7) is 3.97. The van der Waals surface area contributed by atoms with Crippen LogP contribution in [0.25, 0.3) is 0 Å². The highest BCUT2D eigenvalue weighted by Gasteiger charge is 2.34. The summed E-state index contributed by atoms with van der Waals surface area (Å²) in [5.74, 6) is 4.20. The zero-order valence-electron chi connectivity index (χ0n) is 13.1. The maximum absolute atomic E-state index is 12.7. The third-order valence-electron chi connectivity index (χ3n) is 4.33. The molecule has 0 aromatic carbocycles. The number of carbonyl (C=O) groups is 1. The Labute approximate surface area is 136 Å². The molecule has 0 radical (unpaired) electrons. The number of hydrogen-bond acceptors (Lipinski definition) is 5. The lowest BCUT2D eigenvalue weighted by molar-refractivity contribution is -0.135. The van der Waals surface area contributed by atoms with Crippen molar-refractivity contribution in [3.05, 3.63) is 23.7 Å². The van der Waals surface area contributed by atoms with Crippen LogP contribution in [0.2, 0.25) is 0 Å². The van der Waals surface area contributed by atoms with E-state index in [0.717, 1.165) is 55.5 Å². The number of ether oxygens (including phenoxy) is 1. The van der Waals surface area contributed by atoms with Gasteiger partial charge in [-0.2, -0.15) is 11.8 Å². The van der Waals surface area contributed by atoms with Gasteiger partial charge in [0.05, 0.1) is 12.6 Å². The summed E-state index contributed by atoms with van der Waals surface area (Å²) >= 11 is 1.94. The van der Waals surface area contributed by atoms with Crippen molar-refractivity contribution in [2.75, 3.05) is 38.2 Å². The SMILES string of the molecule is COCc1ccc(CN2CCC[C@H]2C(=O)N2CCSCC2)o1. The Balaban J connectivity index is 1.60. The summed E-state index contributed by atoms with van der Waals surface area (Å²) in [5, 5.41) is 0. The van der Waals surface area contributed by atoms with Crippen molar-refractivity contribution in [1.29, 1.82) is 0 Å². The van der Waals surface area contributed by atoms with Gasteiger partial charge in [0.1, 0.15) is 18.1 Å². The molecule has 0 saturated carbocycles. The molecule has 3 rings (SSSR count). The van der Waals surface area contributed by atoms with Crippen molar-refractivity contribution < 1.29 is 13.9 Å². The lowest BCUT2D eigenvalue weighted by Crippen LogP contribution is -2.48. The van der Waals surface area contributed by atoms with E-state index in [1.807, 2.05) is 28.8 Å². The number of furan rings is 1. The van der Waals surface area contributed by atoms with E-state index in [2.05, 4.69) is 4.90 Å². The highest BCUT2D eigenvalue weighted by atomic mass is 32.2. The summed E-state index contributed by atoms with van der Waals surface area (Å²) in [6.07, 6.45) is 2.05. The number of thioether (sulfide) groups is 1. The van der Waals surface area contributed by atoms with Crippen LogP contribution in [-0.4, -0.2) is 60.0 Å². The molecule has 2 aliphatic heterocycles. The molecular formula is C16H24N2O3S. The van der Waals surface area contributed by atoms with E-state index in [1.54, 1.807) is 7.11 Å². The van der Waals surface area contributed by atoms with Crippen molar-refractivity contribution in [1.82, 2.24) is 9.80 Å². The summed E-state index contributed by atoms with van der Waals surface area (Å²) in [6, 6.07) is 3.97. The Hall–Kier alpha value is -0.980. The van der Waals surface area contributed by atoms with Gasteiger partial charge in [0.15, 0.2) is 0 Å². The van der Waals surface area contributed by atoms with Gasteiger partial charge in [-0.3, -0.25) is 9.69 Å². The van der Waals surface area contributed by atoms with E-state index in [4.69, 9.17) is 9.15 Å². The Kier molecular flexibility index (Phi) is 5.44. The molecule has 122 valence electrons. The maximum Gasteiger partial charge on any atom is 0.239 e. The molecule has 2 saturated heterocycles. The first-order valence-electron chi connectivity index (χ1n) is 7.95. The standard InChI is InChI=1S/C16H24N2O3S/c1-20-12-14-5-4-13(21-14)11-18-6-2-3-15(18)16(19)17-7-9-22-10-8-17/h4-5,15H,2-3,6-12H2,1H3/t15-/m0/s1. The molecule has 3 heterocycles. The highest BCUT2D eigenvalue weighted by Crippen LogP contribution is 2.24. The third kappa shape index (κ3) is 3.67. The van der Waals surface area contributed by atoms with Gasteiger partial charge in [-0.15, -0.1) is 0 Å². The van der Waals surface area contributed by atoms with Crippen LogP contribution in [0.4, 0.5) is 0 Å². The number of likely N-dealkylation sites (tertiary alicyclic amines) is 1. The van der Waals surface area contributed by atoms with E-state index < -0.39 is 0 Å². The van der Waals surface area contributed by atoms with Gasteiger partial charge in [-0.25, -0.2) is 0 Å². The smallest absolute Gasteiger partial charge is 0.239 e. The lowest BCUT2D eigenvalue weighted by atomic mass is 10.2. The van der Waals surface area contributed by atoms with Crippen LogP contribution in [0.5, 0.6) is 0 Å². The minimum Gasteiger partial charge on any atom is -0.462 e. The van der Waals surface area contributed by atoms with Gasteiger partial charge in [0.2, 0.25) is 5.91 Å². The first-order chi connectivity index (χ1) is 10.8. The second kappa shape index (κ2) is 7.53. The second-order valence-corrected chi connectivity index (χ2v) is 7.09. The molecule has 1 amide bonds. The molecule has 0 aliphatic carbocycles. The largest absolute Gasteiger partial charge is 0.462 e. The minimum atomic E-state index is 0.0269. The van der Waals surface area contributed by atoms with Gasteiger partial charge in [-0.1, -0.05) is 0 Å². The first kappa shape index (κ1) is 15.9. The van der Waals surface area contributed by atoms with Crippen molar-refractivity contribution in [3.63, 3.8) is 0 Å². The Morgan fingerprint density at radius 1 is 1.32 bits per heavy atom. The van der Waals surface area contributed by atoms with Crippen LogP contribution in [0.15, 0.2) is 16.5 Å². The topological polar surface area (TPSA) is 45.9 Å². The van der Waals surface area contributed by atoms with Crippen molar-refractivity contribution in [2.24, 2.45) is 0 Å². The zero-order valence-corrected chi connectivity index (χ0v) is 13.9. The quantitative estimate of drug-likeness (QED) is 0.828. The zero-order chi connectivity index (χ0) is 15.4. The molecule has 6 heteroatoms. The number of carbonyl (C=O) groups excluding carboxylic acids is 1. The van der Waals surface area contributed by atoms with Crippen LogP contribution < -0.4 is 0 Å². The average Bonchev–Trinajstić information content (AvgIpc) is 3.18. The molecule has 2 fully saturated rings. The molecular weight excluding hydrogens is 300 g/mol. The third-order valence-corrected chi connectivity index (χ3v) is 5.28. The summed E-state index contributed by atoms with van der Waals surface area (Å²) in [7, 11) is 1.66.